The van der Waals surface area contributed by atoms with Crippen molar-refractivity contribution in [3.63, 3.8) is 0 Å². The first kappa shape index (κ1) is 18.3. The lowest BCUT2D eigenvalue weighted by molar-refractivity contribution is -0.139. The molecular formula is C19H21NO5. The lowest BCUT2D eigenvalue weighted by Crippen LogP contribution is -2.25. The van der Waals surface area contributed by atoms with Crippen molar-refractivity contribution in [3.05, 3.63) is 59.2 Å². The number of carbonyl (C=O) groups is 2. The van der Waals surface area contributed by atoms with E-state index in [2.05, 4.69) is 5.32 Å². The van der Waals surface area contributed by atoms with Crippen LogP contribution in [-0.4, -0.2) is 37.2 Å². The van der Waals surface area contributed by atoms with E-state index in [1.165, 1.54) is 0 Å². The minimum atomic E-state index is -1.01. The van der Waals surface area contributed by atoms with E-state index in [1.807, 2.05) is 25.1 Å². The Morgan fingerprint density at radius 1 is 1.12 bits per heavy atom. The Morgan fingerprint density at radius 2 is 1.84 bits per heavy atom. The molecule has 0 radical (unpaired) electrons. The first-order valence-electron chi connectivity index (χ1n) is 7.86. The summed E-state index contributed by atoms with van der Waals surface area (Å²) in [5, 5.41) is 11.4. The SMILES string of the molecule is COc1cc(C(=O)NCCc2ccc(OCC(=O)O)cc2)ccc1C. The molecule has 0 heterocycles. The summed E-state index contributed by atoms with van der Waals surface area (Å²) in [6.45, 7) is 2.05. The van der Waals surface area contributed by atoms with Gasteiger partial charge in [-0.05, 0) is 48.7 Å². The molecule has 0 aliphatic heterocycles. The maximum Gasteiger partial charge on any atom is 0.341 e. The highest BCUT2D eigenvalue weighted by Crippen LogP contribution is 2.19. The van der Waals surface area contributed by atoms with Crippen LogP contribution in [0.25, 0.3) is 0 Å². The average molecular weight is 343 g/mol. The van der Waals surface area contributed by atoms with E-state index < -0.39 is 5.97 Å². The van der Waals surface area contributed by atoms with E-state index in [9.17, 15) is 9.59 Å². The first-order valence-corrected chi connectivity index (χ1v) is 7.86. The van der Waals surface area contributed by atoms with Crippen molar-refractivity contribution in [1.82, 2.24) is 5.32 Å². The molecule has 0 spiro atoms. The van der Waals surface area contributed by atoms with Gasteiger partial charge in [-0.1, -0.05) is 18.2 Å². The van der Waals surface area contributed by atoms with Crippen molar-refractivity contribution in [2.24, 2.45) is 0 Å². The van der Waals surface area contributed by atoms with Crippen LogP contribution in [0, 0.1) is 6.92 Å². The molecule has 0 aromatic heterocycles. The van der Waals surface area contributed by atoms with Gasteiger partial charge in [-0.3, -0.25) is 4.79 Å². The summed E-state index contributed by atoms with van der Waals surface area (Å²) in [4.78, 5) is 22.6. The van der Waals surface area contributed by atoms with Gasteiger partial charge >= 0.3 is 5.97 Å². The third-order valence-electron chi connectivity index (χ3n) is 3.66. The monoisotopic (exact) mass is 343 g/mol. The van der Waals surface area contributed by atoms with Crippen LogP contribution in [0.2, 0.25) is 0 Å². The molecular weight excluding hydrogens is 322 g/mol. The second-order valence-electron chi connectivity index (χ2n) is 5.52. The number of rotatable bonds is 8. The Bertz CT molecular complexity index is 740. The number of carbonyl (C=O) groups excluding carboxylic acids is 1. The molecule has 2 N–H and O–H groups in total. The van der Waals surface area contributed by atoms with Crippen LogP contribution < -0.4 is 14.8 Å². The van der Waals surface area contributed by atoms with Crippen LogP contribution in [0.3, 0.4) is 0 Å². The summed E-state index contributed by atoms with van der Waals surface area (Å²) in [7, 11) is 1.58. The number of methoxy groups -OCH3 is 1. The van der Waals surface area contributed by atoms with Crippen molar-refractivity contribution in [3.8, 4) is 11.5 Å². The molecule has 2 aromatic carbocycles. The molecule has 0 fully saturated rings. The van der Waals surface area contributed by atoms with Crippen LogP contribution in [0.4, 0.5) is 0 Å². The molecule has 0 bridgehead atoms. The van der Waals surface area contributed by atoms with Gasteiger partial charge in [0.05, 0.1) is 7.11 Å². The number of aryl methyl sites for hydroxylation is 1. The number of benzene rings is 2. The van der Waals surface area contributed by atoms with Gasteiger partial charge in [0.25, 0.3) is 5.91 Å². The number of carboxylic acid groups (broad SMARTS) is 1. The Kier molecular flexibility index (Phi) is 6.39. The molecule has 0 saturated heterocycles. The summed E-state index contributed by atoms with van der Waals surface area (Å²) in [5.41, 5.74) is 2.55. The highest BCUT2D eigenvalue weighted by Gasteiger charge is 2.08. The zero-order chi connectivity index (χ0) is 18.2. The fraction of sp³-hybridized carbons (Fsp3) is 0.263. The Balaban J connectivity index is 1.83. The van der Waals surface area contributed by atoms with Gasteiger partial charge in [0, 0.05) is 12.1 Å². The van der Waals surface area contributed by atoms with Gasteiger partial charge in [-0.25, -0.2) is 4.79 Å². The molecule has 0 atom stereocenters. The summed E-state index contributed by atoms with van der Waals surface area (Å²) < 4.78 is 10.3. The highest BCUT2D eigenvalue weighted by molar-refractivity contribution is 5.94. The van der Waals surface area contributed by atoms with E-state index in [4.69, 9.17) is 14.6 Å². The van der Waals surface area contributed by atoms with Crippen molar-refractivity contribution in [2.45, 2.75) is 13.3 Å². The van der Waals surface area contributed by atoms with Crippen LogP contribution in [0.15, 0.2) is 42.5 Å². The van der Waals surface area contributed by atoms with Crippen molar-refractivity contribution < 1.29 is 24.2 Å². The molecule has 0 aliphatic rings. The molecule has 1 amide bonds. The van der Waals surface area contributed by atoms with Gasteiger partial charge in [-0.15, -0.1) is 0 Å². The van der Waals surface area contributed by atoms with E-state index in [-0.39, 0.29) is 12.5 Å². The molecule has 2 aromatic rings. The van der Waals surface area contributed by atoms with Crippen LogP contribution >= 0.6 is 0 Å². The lowest BCUT2D eigenvalue weighted by Gasteiger charge is -2.09. The number of carboxylic acids is 1. The zero-order valence-corrected chi connectivity index (χ0v) is 14.2. The van der Waals surface area contributed by atoms with Crippen molar-refractivity contribution in [1.29, 1.82) is 0 Å². The summed E-state index contributed by atoms with van der Waals surface area (Å²) in [6, 6.07) is 12.5. The highest BCUT2D eigenvalue weighted by atomic mass is 16.5. The maximum atomic E-state index is 12.2. The first-order chi connectivity index (χ1) is 12.0. The quantitative estimate of drug-likeness (QED) is 0.769. The van der Waals surface area contributed by atoms with Gasteiger partial charge < -0.3 is 19.9 Å². The third kappa shape index (κ3) is 5.53. The van der Waals surface area contributed by atoms with Crippen LogP contribution in [-0.2, 0) is 11.2 Å². The van der Waals surface area contributed by atoms with Crippen molar-refractivity contribution >= 4 is 11.9 Å². The van der Waals surface area contributed by atoms with Crippen LogP contribution in [0.1, 0.15) is 21.5 Å². The molecule has 6 nitrogen and oxygen atoms in total. The molecule has 0 saturated carbocycles. The van der Waals surface area contributed by atoms with Crippen molar-refractivity contribution in [2.75, 3.05) is 20.3 Å². The second-order valence-corrected chi connectivity index (χ2v) is 5.52. The molecule has 6 heteroatoms. The standard InChI is InChI=1S/C19H21NO5/c1-13-3-6-15(11-17(13)24-2)19(23)20-10-9-14-4-7-16(8-5-14)25-12-18(21)22/h3-8,11H,9-10,12H2,1-2H3,(H,20,23)(H,21,22). The number of aliphatic carboxylic acids is 1. The second kappa shape index (κ2) is 8.73. The minimum absolute atomic E-state index is 0.153. The lowest BCUT2D eigenvalue weighted by atomic mass is 10.1. The van der Waals surface area contributed by atoms with Gasteiger partial charge in [0.1, 0.15) is 11.5 Å². The normalized spacial score (nSPS) is 10.2. The molecule has 2 rings (SSSR count). The largest absolute Gasteiger partial charge is 0.496 e. The summed E-state index contributed by atoms with van der Waals surface area (Å²) in [5.74, 6) is 0.0192. The Morgan fingerprint density at radius 3 is 2.48 bits per heavy atom. The number of amides is 1. The average Bonchev–Trinajstić information content (AvgIpc) is 2.61. The fourth-order valence-corrected chi connectivity index (χ4v) is 2.28. The fourth-order valence-electron chi connectivity index (χ4n) is 2.28. The van der Waals surface area contributed by atoms with E-state index in [0.717, 1.165) is 11.1 Å². The predicted molar refractivity (Wildman–Crippen MR) is 93.3 cm³/mol. The van der Waals surface area contributed by atoms with Gasteiger partial charge in [0.15, 0.2) is 6.61 Å². The number of hydrogen-bond acceptors (Lipinski definition) is 4. The molecule has 0 unspecified atom stereocenters. The molecule has 132 valence electrons. The summed E-state index contributed by atoms with van der Waals surface area (Å²) in [6.07, 6.45) is 0.661. The van der Waals surface area contributed by atoms with E-state index >= 15 is 0 Å². The van der Waals surface area contributed by atoms with Gasteiger partial charge in [-0.2, -0.15) is 0 Å². The molecule has 25 heavy (non-hydrogen) atoms. The summed E-state index contributed by atoms with van der Waals surface area (Å²) >= 11 is 0. The van der Waals surface area contributed by atoms with Gasteiger partial charge in [0.2, 0.25) is 0 Å². The minimum Gasteiger partial charge on any atom is -0.496 e. The third-order valence-corrected chi connectivity index (χ3v) is 3.66. The number of ether oxygens (including phenoxy) is 2. The number of hydrogen-bond donors (Lipinski definition) is 2. The Hall–Kier alpha value is -3.02. The topological polar surface area (TPSA) is 84.9 Å². The number of nitrogens with one attached hydrogen (secondary N) is 1. The smallest absolute Gasteiger partial charge is 0.341 e. The van der Waals surface area contributed by atoms with E-state index in [0.29, 0.717) is 30.0 Å². The van der Waals surface area contributed by atoms with E-state index in [1.54, 1.807) is 31.4 Å². The van der Waals surface area contributed by atoms with Crippen LogP contribution in [0.5, 0.6) is 11.5 Å². The predicted octanol–water partition coefficient (Wildman–Crippen LogP) is 2.44. The Labute approximate surface area is 146 Å². The maximum absolute atomic E-state index is 12.2. The molecule has 0 aliphatic carbocycles. The zero-order valence-electron chi connectivity index (χ0n) is 14.2.